The molecule has 2 nitrogen and oxygen atoms in total. The molecule has 0 N–H and O–H groups in total. The molecule has 21 heavy (non-hydrogen) atoms. The minimum absolute atomic E-state index is 0.260. The first kappa shape index (κ1) is 14.2. The molecule has 0 aliphatic carbocycles. The average Bonchev–Trinajstić information content (AvgIpc) is 2.93. The van der Waals surface area contributed by atoms with Crippen molar-refractivity contribution in [2.24, 2.45) is 0 Å². The molecule has 0 spiro atoms. The smallest absolute Gasteiger partial charge is 0.123 e. The standard InChI is InChI=1S/C16H12ClFN2S/c1-21-16-10-15(11-2-4-12(17)5-3-11)20(19-16)14-8-6-13(18)7-9-14/h2-10H,1H3. The lowest BCUT2D eigenvalue weighted by Gasteiger charge is -2.07. The number of benzene rings is 2. The van der Waals surface area contributed by atoms with Crippen LogP contribution >= 0.6 is 23.4 Å². The van der Waals surface area contributed by atoms with Gasteiger partial charge in [0.05, 0.1) is 11.4 Å². The highest BCUT2D eigenvalue weighted by atomic mass is 35.5. The van der Waals surface area contributed by atoms with Crippen LogP contribution in [0.25, 0.3) is 16.9 Å². The molecule has 2 aromatic carbocycles. The van der Waals surface area contributed by atoms with E-state index in [1.54, 1.807) is 23.9 Å². The Bertz CT molecular complexity index is 688. The summed E-state index contributed by atoms with van der Waals surface area (Å²) in [6, 6.07) is 15.9. The Morgan fingerprint density at radius 2 is 1.71 bits per heavy atom. The van der Waals surface area contributed by atoms with Gasteiger partial charge in [-0.3, -0.25) is 0 Å². The Labute approximate surface area is 131 Å². The molecule has 0 saturated heterocycles. The average molecular weight is 319 g/mol. The monoisotopic (exact) mass is 318 g/mol. The SMILES string of the molecule is CSc1cc(-c2ccc(Cl)cc2)n(-c2ccc(F)cc2)n1. The van der Waals surface area contributed by atoms with Crippen LogP contribution in [0.3, 0.4) is 0 Å². The van der Waals surface area contributed by atoms with Crippen LogP contribution in [0, 0.1) is 5.82 Å². The molecule has 0 bridgehead atoms. The van der Waals surface area contributed by atoms with E-state index in [4.69, 9.17) is 11.6 Å². The van der Waals surface area contributed by atoms with Crippen LogP contribution in [0.5, 0.6) is 0 Å². The number of hydrogen-bond acceptors (Lipinski definition) is 2. The highest BCUT2D eigenvalue weighted by Gasteiger charge is 2.11. The number of halogens is 2. The van der Waals surface area contributed by atoms with Crippen LogP contribution in [0.2, 0.25) is 5.02 Å². The molecule has 0 atom stereocenters. The molecule has 0 unspecified atom stereocenters. The van der Waals surface area contributed by atoms with Crippen molar-refractivity contribution < 1.29 is 4.39 Å². The summed E-state index contributed by atoms with van der Waals surface area (Å²) in [6.07, 6.45) is 1.98. The van der Waals surface area contributed by atoms with Crippen molar-refractivity contribution in [3.05, 3.63) is 65.4 Å². The van der Waals surface area contributed by atoms with E-state index < -0.39 is 0 Å². The predicted molar refractivity (Wildman–Crippen MR) is 85.7 cm³/mol. The lowest BCUT2D eigenvalue weighted by molar-refractivity contribution is 0.627. The van der Waals surface area contributed by atoms with Crippen molar-refractivity contribution in [1.29, 1.82) is 0 Å². The summed E-state index contributed by atoms with van der Waals surface area (Å²) in [6.45, 7) is 0. The molecule has 1 aromatic heterocycles. The topological polar surface area (TPSA) is 17.8 Å². The molecule has 3 aromatic rings. The van der Waals surface area contributed by atoms with Gasteiger partial charge in [0, 0.05) is 10.6 Å². The van der Waals surface area contributed by atoms with Crippen molar-refractivity contribution >= 4 is 23.4 Å². The summed E-state index contributed by atoms with van der Waals surface area (Å²) in [5.74, 6) is -0.260. The molecule has 1 heterocycles. The van der Waals surface area contributed by atoms with Crippen molar-refractivity contribution in [3.63, 3.8) is 0 Å². The van der Waals surface area contributed by atoms with Crippen LogP contribution in [-0.4, -0.2) is 16.0 Å². The van der Waals surface area contributed by atoms with E-state index >= 15 is 0 Å². The summed E-state index contributed by atoms with van der Waals surface area (Å²) >= 11 is 7.50. The molecule has 0 radical (unpaired) electrons. The van der Waals surface area contributed by atoms with Crippen LogP contribution in [0.15, 0.2) is 59.6 Å². The molecule has 106 valence electrons. The van der Waals surface area contributed by atoms with Gasteiger partial charge >= 0.3 is 0 Å². The van der Waals surface area contributed by atoms with Gasteiger partial charge in [-0.2, -0.15) is 5.10 Å². The summed E-state index contributed by atoms with van der Waals surface area (Å²) in [7, 11) is 0. The lowest BCUT2D eigenvalue weighted by atomic mass is 10.1. The maximum Gasteiger partial charge on any atom is 0.123 e. The zero-order chi connectivity index (χ0) is 14.8. The lowest BCUT2D eigenvalue weighted by Crippen LogP contribution is -1.99. The van der Waals surface area contributed by atoms with Gasteiger partial charge in [-0.05, 0) is 48.7 Å². The Hall–Kier alpha value is -1.78. The van der Waals surface area contributed by atoms with Gasteiger partial charge in [0.25, 0.3) is 0 Å². The van der Waals surface area contributed by atoms with E-state index in [1.165, 1.54) is 12.1 Å². The molecule has 0 fully saturated rings. The van der Waals surface area contributed by atoms with Crippen molar-refractivity contribution in [2.75, 3.05) is 6.26 Å². The van der Waals surface area contributed by atoms with Crippen LogP contribution in [0.4, 0.5) is 4.39 Å². The molecular formula is C16H12ClFN2S. The van der Waals surface area contributed by atoms with E-state index in [9.17, 15) is 4.39 Å². The molecular weight excluding hydrogens is 307 g/mol. The fourth-order valence-electron chi connectivity index (χ4n) is 2.06. The highest BCUT2D eigenvalue weighted by Crippen LogP contribution is 2.28. The van der Waals surface area contributed by atoms with Crippen molar-refractivity contribution in [2.45, 2.75) is 5.03 Å². The van der Waals surface area contributed by atoms with E-state index in [-0.39, 0.29) is 5.82 Å². The maximum absolute atomic E-state index is 13.1. The van der Waals surface area contributed by atoms with Crippen molar-refractivity contribution in [1.82, 2.24) is 9.78 Å². The molecule has 0 amide bonds. The van der Waals surface area contributed by atoms with Crippen LogP contribution in [-0.2, 0) is 0 Å². The summed E-state index contributed by atoms with van der Waals surface area (Å²) in [5, 5.41) is 6.15. The summed E-state index contributed by atoms with van der Waals surface area (Å²) in [4.78, 5) is 0. The van der Waals surface area contributed by atoms with Gasteiger partial charge in [0.2, 0.25) is 0 Å². The first-order valence-corrected chi connectivity index (χ1v) is 7.93. The Morgan fingerprint density at radius 1 is 1.05 bits per heavy atom. The fourth-order valence-corrected chi connectivity index (χ4v) is 2.58. The minimum atomic E-state index is -0.260. The van der Waals surface area contributed by atoms with Gasteiger partial charge in [-0.1, -0.05) is 23.7 Å². The van der Waals surface area contributed by atoms with Crippen LogP contribution in [0.1, 0.15) is 0 Å². The number of hydrogen-bond donors (Lipinski definition) is 0. The zero-order valence-corrected chi connectivity index (χ0v) is 12.8. The molecule has 0 aliphatic heterocycles. The number of rotatable bonds is 3. The fraction of sp³-hybridized carbons (Fsp3) is 0.0625. The van der Waals surface area contributed by atoms with E-state index in [0.717, 1.165) is 22.0 Å². The second-order valence-corrected chi connectivity index (χ2v) is 5.73. The maximum atomic E-state index is 13.1. The number of nitrogens with zero attached hydrogens (tertiary/aromatic N) is 2. The van der Waals surface area contributed by atoms with Gasteiger partial charge in [-0.25, -0.2) is 9.07 Å². The summed E-state index contributed by atoms with van der Waals surface area (Å²) < 4.78 is 14.9. The third kappa shape index (κ3) is 2.96. The predicted octanol–water partition coefficient (Wildman–Crippen LogP) is 5.05. The van der Waals surface area contributed by atoms with Crippen molar-refractivity contribution in [3.8, 4) is 16.9 Å². The molecule has 0 aliphatic rings. The zero-order valence-electron chi connectivity index (χ0n) is 11.3. The quantitative estimate of drug-likeness (QED) is 0.629. The summed E-state index contributed by atoms with van der Waals surface area (Å²) in [5.41, 5.74) is 2.78. The molecule has 3 rings (SSSR count). The van der Waals surface area contributed by atoms with E-state index in [1.807, 2.05) is 41.3 Å². The van der Waals surface area contributed by atoms with Gasteiger partial charge in [0.1, 0.15) is 10.8 Å². The van der Waals surface area contributed by atoms with Crippen LogP contribution < -0.4 is 0 Å². The Morgan fingerprint density at radius 3 is 2.33 bits per heavy atom. The third-order valence-electron chi connectivity index (χ3n) is 3.11. The normalized spacial score (nSPS) is 10.8. The molecule has 0 saturated carbocycles. The number of aromatic nitrogens is 2. The number of thioether (sulfide) groups is 1. The second kappa shape index (κ2) is 5.92. The van der Waals surface area contributed by atoms with E-state index in [2.05, 4.69) is 5.10 Å². The first-order chi connectivity index (χ1) is 10.2. The Balaban J connectivity index is 2.13. The van der Waals surface area contributed by atoms with E-state index in [0.29, 0.717) is 5.02 Å². The highest BCUT2D eigenvalue weighted by molar-refractivity contribution is 7.98. The Kier molecular flexibility index (Phi) is 3.99. The molecule has 5 heteroatoms. The van der Waals surface area contributed by atoms with Gasteiger partial charge in [-0.15, -0.1) is 11.8 Å². The third-order valence-corrected chi connectivity index (χ3v) is 3.98. The minimum Gasteiger partial charge on any atom is -0.232 e. The largest absolute Gasteiger partial charge is 0.232 e. The van der Waals surface area contributed by atoms with Gasteiger partial charge < -0.3 is 0 Å². The van der Waals surface area contributed by atoms with Gasteiger partial charge in [0.15, 0.2) is 0 Å². The first-order valence-electron chi connectivity index (χ1n) is 6.33. The second-order valence-electron chi connectivity index (χ2n) is 4.47.